The van der Waals surface area contributed by atoms with Gasteiger partial charge in [0.2, 0.25) is 17.7 Å². The Hall–Kier alpha value is -1.71. The zero-order valence-electron chi connectivity index (χ0n) is 24.2. The van der Waals surface area contributed by atoms with Crippen molar-refractivity contribution in [3.05, 3.63) is 25.3 Å². The minimum atomic E-state index is -1.13. The molecule has 0 aliphatic carbocycles. The Labute approximate surface area is 242 Å². The van der Waals surface area contributed by atoms with E-state index in [4.69, 9.17) is 4.74 Å². The largest absolute Gasteiger partial charge is 0.394 e. The molecule has 0 saturated carbocycles. The van der Waals surface area contributed by atoms with E-state index in [2.05, 4.69) is 36.0 Å². The predicted molar refractivity (Wildman–Crippen MR) is 156 cm³/mol. The number of amides is 3. The summed E-state index contributed by atoms with van der Waals surface area (Å²) in [6.07, 6.45) is 7.55. The van der Waals surface area contributed by atoms with Crippen LogP contribution in [0.1, 0.15) is 66.2 Å². The van der Waals surface area contributed by atoms with Gasteiger partial charge in [-0.1, -0.05) is 68.6 Å². The quantitative estimate of drug-likeness (QED) is 0.163. The molecule has 3 heterocycles. The molecule has 1 spiro atoms. The van der Waals surface area contributed by atoms with Crippen LogP contribution in [0, 0.1) is 17.8 Å². The topological polar surface area (TPSA) is 90.4 Å². The van der Waals surface area contributed by atoms with E-state index in [1.807, 2.05) is 20.8 Å². The first-order valence-corrected chi connectivity index (χ1v) is 15.6. The first-order chi connectivity index (χ1) is 18.6. The summed E-state index contributed by atoms with van der Waals surface area (Å²) in [6, 6.07) is -1.45. The maximum absolute atomic E-state index is 14.4. The smallest absolute Gasteiger partial charge is 0.248 e. The summed E-state index contributed by atoms with van der Waals surface area (Å²) in [5.41, 5.74) is -1.13. The van der Waals surface area contributed by atoms with E-state index in [1.54, 1.807) is 26.9 Å². The summed E-state index contributed by atoms with van der Waals surface area (Å²) < 4.78 is 6.69. The van der Waals surface area contributed by atoms with Crippen LogP contribution in [-0.2, 0) is 19.1 Å². The predicted octanol–water partition coefficient (Wildman–Crippen LogP) is 3.77. The molecular formula is C30H48BrN3O5. The Kier molecular flexibility index (Phi) is 11.2. The van der Waals surface area contributed by atoms with Crippen LogP contribution in [0.3, 0.4) is 0 Å². The highest BCUT2D eigenvalue weighted by molar-refractivity contribution is 9.09. The van der Waals surface area contributed by atoms with E-state index in [1.165, 1.54) is 0 Å². The second-order valence-electron chi connectivity index (χ2n) is 11.7. The molecule has 0 aromatic rings. The molecule has 0 aromatic heterocycles. The number of nitrogens with zero attached hydrogens (tertiary/aromatic N) is 3. The Balaban J connectivity index is 2.11. The van der Waals surface area contributed by atoms with Gasteiger partial charge in [-0.05, 0) is 31.6 Å². The van der Waals surface area contributed by atoms with Crippen LogP contribution in [0.5, 0.6) is 0 Å². The molecule has 3 unspecified atom stereocenters. The van der Waals surface area contributed by atoms with Crippen LogP contribution in [0.25, 0.3) is 0 Å². The second-order valence-corrected chi connectivity index (χ2v) is 12.9. The Morgan fingerprint density at radius 2 is 1.77 bits per heavy atom. The Morgan fingerprint density at radius 3 is 2.31 bits per heavy atom. The van der Waals surface area contributed by atoms with Crippen molar-refractivity contribution in [1.29, 1.82) is 0 Å². The van der Waals surface area contributed by atoms with E-state index in [-0.39, 0.29) is 35.1 Å². The minimum Gasteiger partial charge on any atom is -0.394 e. The van der Waals surface area contributed by atoms with Crippen LogP contribution in [0.15, 0.2) is 25.3 Å². The fraction of sp³-hybridized carbons (Fsp3) is 0.767. The summed E-state index contributed by atoms with van der Waals surface area (Å²) in [5, 5.41) is 10.5. The third-order valence-corrected chi connectivity index (χ3v) is 9.29. The lowest BCUT2D eigenvalue weighted by Gasteiger charge is -2.40. The normalized spacial score (nSPS) is 30.0. The number of alkyl halides is 1. The zero-order valence-corrected chi connectivity index (χ0v) is 25.8. The van der Waals surface area contributed by atoms with E-state index >= 15 is 0 Å². The van der Waals surface area contributed by atoms with Gasteiger partial charge in [-0.25, -0.2) is 0 Å². The monoisotopic (exact) mass is 609 g/mol. The van der Waals surface area contributed by atoms with Gasteiger partial charge in [0.15, 0.2) is 0 Å². The van der Waals surface area contributed by atoms with Gasteiger partial charge in [-0.2, -0.15) is 0 Å². The van der Waals surface area contributed by atoms with Crippen molar-refractivity contribution < 1.29 is 24.2 Å². The van der Waals surface area contributed by atoms with E-state index in [0.29, 0.717) is 39.0 Å². The Bertz CT molecular complexity index is 913. The lowest BCUT2D eigenvalue weighted by molar-refractivity contribution is -0.152. The zero-order chi connectivity index (χ0) is 28.9. The van der Waals surface area contributed by atoms with E-state index in [0.717, 1.165) is 25.7 Å². The van der Waals surface area contributed by atoms with Gasteiger partial charge in [0, 0.05) is 31.0 Å². The summed E-state index contributed by atoms with van der Waals surface area (Å²) in [5.74, 6) is -1.85. The molecule has 3 aliphatic rings. The fourth-order valence-electron chi connectivity index (χ4n) is 6.94. The third-order valence-electron chi connectivity index (χ3n) is 8.44. The van der Waals surface area contributed by atoms with Crippen molar-refractivity contribution in [2.24, 2.45) is 17.8 Å². The molecule has 0 radical (unpaired) electrons. The van der Waals surface area contributed by atoms with E-state index < -0.39 is 35.6 Å². The number of carbonyl (C=O) groups excluding carboxylic acids is 3. The van der Waals surface area contributed by atoms with Crippen LogP contribution in [0.4, 0.5) is 0 Å². The highest BCUT2D eigenvalue weighted by Gasteiger charge is 2.77. The molecule has 9 heteroatoms. The molecule has 39 heavy (non-hydrogen) atoms. The fourth-order valence-corrected chi connectivity index (χ4v) is 7.89. The number of likely N-dealkylation sites (tertiary alicyclic amines) is 1. The molecule has 3 fully saturated rings. The first-order valence-electron chi connectivity index (χ1n) is 14.7. The van der Waals surface area contributed by atoms with Crippen molar-refractivity contribution in [2.45, 2.75) is 94.8 Å². The lowest BCUT2D eigenvalue weighted by Crippen LogP contribution is -2.59. The maximum Gasteiger partial charge on any atom is 0.248 e. The highest BCUT2D eigenvalue weighted by atomic mass is 79.9. The molecule has 0 aromatic carbocycles. The number of rotatable bonds is 16. The molecule has 220 valence electrons. The molecule has 3 saturated heterocycles. The van der Waals surface area contributed by atoms with Crippen LogP contribution >= 0.6 is 15.9 Å². The van der Waals surface area contributed by atoms with Crippen molar-refractivity contribution >= 4 is 33.7 Å². The van der Waals surface area contributed by atoms with Gasteiger partial charge in [0.25, 0.3) is 0 Å². The summed E-state index contributed by atoms with van der Waals surface area (Å²) in [6.45, 7) is 17.5. The molecule has 3 rings (SSSR count). The van der Waals surface area contributed by atoms with Gasteiger partial charge < -0.3 is 24.5 Å². The van der Waals surface area contributed by atoms with Crippen molar-refractivity contribution in [1.82, 2.24) is 14.7 Å². The number of unbranched alkanes of at least 4 members (excludes halogenated alkanes) is 2. The SMILES string of the molecule is C=CCN(CCCCC)C(=O)C1N([C@@H](CO)CC(C)C)C(=O)[C@@H]2[C@H](C(=O)N(CC=C)CCC)[C@H]3OC12CC3Br. The standard InChI is InChI=1S/C30H48BrN3O5/c1-7-11-12-16-33(15-10-4)29(38)26-30-18-22(31)25(39-30)23(27(36)32(13-8-2)14-9-3)24(30)28(37)34(26)21(19-35)17-20(5)6/h8,10,20-26,35H,2,4,7,9,11-19H2,1,3,5-6H3/t21-,22?,23+,24+,25+,26?,30?/m1/s1. The number of aliphatic hydroxyl groups excluding tert-OH is 1. The molecule has 3 aliphatic heterocycles. The van der Waals surface area contributed by atoms with Gasteiger partial charge in [-0.3, -0.25) is 14.4 Å². The molecule has 8 nitrogen and oxygen atoms in total. The summed E-state index contributed by atoms with van der Waals surface area (Å²) >= 11 is 3.76. The van der Waals surface area contributed by atoms with Crippen LogP contribution < -0.4 is 0 Å². The molecule has 7 atom stereocenters. The average Bonchev–Trinajstić information content (AvgIpc) is 3.49. The molecule has 3 amide bonds. The summed E-state index contributed by atoms with van der Waals surface area (Å²) in [7, 11) is 0. The lowest BCUT2D eigenvalue weighted by atomic mass is 9.70. The first kappa shape index (κ1) is 31.8. The van der Waals surface area contributed by atoms with Crippen LogP contribution in [0.2, 0.25) is 0 Å². The number of aliphatic hydroxyl groups is 1. The molecule has 2 bridgehead atoms. The average molecular weight is 611 g/mol. The maximum atomic E-state index is 14.4. The van der Waals surface area contributed by atoms with Gasteiger partial charge in [0.05, 0.1) is 30.6 Å². The van der Waals surface area contributed by atoms with Crippen molar-refractivity contribution in [3.8, 4) is 0 Å². The Morgan fingerprint density at radius 1 is 1.13 bits per heavy atom. The highest BCUT2D eigenvalue weighted by Crippen LogP contribution is 2.61. The van der Waals surface area contributed by atoms with Gasteiger partial charge >= 0.3 is 0 Å². The van der Waals surface area contributed by atoms with Gasteiger partial charge in [-0.15, -0.1) is 13.2 Å². The van der Waals surface area contributed by atoms with Crippen LogP contribution in [-0.4, -0.2) is 98.9 Å². The number of hydrogen-bond acceptors (Lipinski definition) is 5. The number of ether oxygens (including phenoxy) is 1. The number of carbonyl (C=O) groups is 3. The van der Waals surface area contributed by atoms with E-state index in [9.17, 15) is 19.5 Å². The van der Waals surface area contributed by atoms with Crippen molar-refractivity contribution in [2.75, 3.05) is 32.8 Å². The summed E-state index contributed by atoms with van der Waals surface area (Å²) in [4.78, 5) is 47.8. The number of fused-ring (bicyclic) bond motifs is 1. The number of halogens is 1. The molecular weight excluding hydrogens is 562 g/mol. The van der Waals surface area contributed by atoms with Crippen molar-refractivity contribution in [3.63, 3.8) is 0 Å². The second kappa shape index (κ2) is 13.8. The molecule has 1 N–H and O–H groups in total. The minimum absolute atomic E-state index is 0.130. The third kappa shape index (κ3) is 6.01. The van der Waals surface area contributed by atoms with Gasteiger partial charge in [0.1, 0.15) is 11.6 Å². The number of hydrogen-bond donors (Lipinski definition) is 1.